The zero-order valence-electron chi connectivity index (χ0n) is 10.7. The molecule has 2 aromatic rings. The maximum atomic E-state index is 12.7. The highest BCUT2D eigenvalue weighted by Crippen LogP contribution is 2.22. The number of nitrogens with zero attached hydrogens (tertiary/aromatic N) is 1. The van der Waals surface area contributed by atoms with Crippen molar-refractivity contribution in [2.24, 2.45) is 0 Å². The van der Waals surface area contributed by atoms with Crippen LogP contribution in [0, 0.1) is 15.9 Å². The number of hydrogen-bond donors (Lipinski definition) is 1. The molecular formula is C14H10ClFN2O3. The van der Waals surface area contributed by atoms with Crippen molar-refractivity contribution in [2.75, 3.05) is 0 Å². The van der Waals surface area contributed by atoms with Crippen LogP contribution in [0.3, 0.4) is 0 Å². The van der Waals surface area contributed by atoms with Crippen molar-refractivity contribution in [2.45, 2.75) is 6.54 Å². The minimum Gasteiger partial charge on any atom is -0.348 e. The van der Waals surface area contributed by atoms with E-state index in [0.717, 1.165) is 11.6 Å². The van der Waals surface area contributed by atoms with E-state index in [1.165, 1.54) is 24.3 Å². The van der Waals surface area contributed by atoms with Crippen molar-refractivity contribution in [3.05, 3.63) is 74.5 Å². The van der Waals surface area contributed by atoms with Gasteiger partial charge in [0.2, 0.25) is 0 Å². The second-order valence-electron chi connectivity index (χ2n) is 4.23. The maximum Gasteiger partial charge on any atom is 0.270 e. The van der Waals surface area contributed by atoms with Crippen LogP contribution in [-0.2, 0) is 6.54 Å². The number of benzene rings is 2. The highest BCUT2D eigenvalue weighted by atomic mass is 35.5. The second-order valence-corrected chi connectivity index (χ2v) is 4.64. The molecule has 0 aliphatic carbocycles. The molecule has 1 amide bonds. The smallest absolute Gasteiger partial charge is 0.270 e. The van der Waals surface area contributed by atoms with Crippen LogP contribution < -0.4 is 5.32 Å². The summed E-state index contributed by atoms with van der Waals surface area (Å²) in [6, 6.07) is 9.30. The largest absolute Gasteiger partial charge is 0.348 e. The summed E-state index contributed by atoms with van der Waals surface area (Å²) >= 11 is 5.86. The van der Waals surface area contributed by atoms with Crippen molar-refractivity contribution < 1.29 is 14.1 Å². The van der Waals surface area contributed by atoms with Gasteiger partial charge in [-0.05, 0) is 23.8 Å². The van der Waals surface area contributed by atoms with Gasteiger partial charge in [-0.1, -0.05) is 23.7 Å². The van der Waals surface area contributed by atoms with Crippen LogP contribution in [0.1, 0.15) is 15.9 Å². The molecule has 2 aromatic carbocycles. The standard InChI is InChI=1S/C14H10ClFN2O3/c15-13-7-11(18(20)21)5-6-12(13)14(19)17-8-9-1-3-10(16)4-2-9/h1-7H,8H2,(H,17,19). The number of carbonyl (C=O) groups is 1. The third kappa shape index (κ3) is 3.76. The first-order valence-electron chi connectivity index (χ1n) is 5.94. The molecule has 1 N–H and O–H groups in total. The number of halogens is 2. The van der Waals surface area contributed by atoms with Gasteiger partial charge in [0.05, 0.1) is 15.5 Å². The molecule has 0 radical (unpaired) electrons. The summed E-state index contributed by atoms with van der Waals surface area (Å²) in [6.45, 7) is 0.201. The summed E-state index contributed by atoms with van der Waals surface area (Å²) in [5.74, 6) is -0.817. The van der Waals surface area contributed by atoms with E-state index in [-0.39, 0.29) is 28.6 Å². The molecular weight excluding hydrogens is 299 g/mol. The molecule has 0 spiro atoms. The van der Waals surface area contributed by atoms with E-state index < -0.39 is 10.8 Å². The van der Waals surface area contributed by atoms with Gasteiger partial charge in [0.1, 0.15) is 5.82 Å². The third-order valence-electron chi connectivity index (χ3n) is 2.77. The first-order valence-corrected chi connectivity index (χ1v) is 6.32. The lowest BCUT2D eigenvalue weighted by molar-refractivity contribution is -0.384. The molecule has 108 valence electrons. The van der Waals surface area contributed by atoms with E-state index in [1.54, 1.807) is 12.1 Å². The van der Waals surface area contributed by atoms with Gasteiger partial charge in [-0.15, -0.1) is 0 Å². The average molecular weight is 309 g/mol. The van der Waals surface area contributed by atoms with Crippen molar-refractivity contribution in [3.8, 4) is 0 Å². The molecule has 0 saturated carbocycles. The van der Waals surface area contributed by atoms with E-state index >= 15 is 0 Å². The maximum absolute atomic E-state index is 12.7. The summed E-state index contributed by atoms with van der Waals surface area (Å²) in [4.78, 5) is 21.9. The zero-order valence-corrected chi connectivity index (χ0v) is 11.4. The van der Waals surface area contributed by atoms with Crippen LogP contribution in [0.2, 0.25) is 5.02 Å². The van der Waals surface area contributed by atoms with E-state index in [9.17, 15) is 19.3 Å². The van der Waals surface area contributed by atoms with Gasteiger partial charge < -0.3 is 5.32 Å². The van der Waals surface area contributed by atoms with E-state index in [1.807, 2.05) is 0 Å². The van der Waals surface area contributed by atoms with E-state index in [4.69, 9.17) is 11.6 Å². The van der Waals surface area contributed by atoms with Gasteiger partial charge in [-0.3, -0.25) is 14.9 Å². The fourth-order valence-corrected chi connectivity index (χ4v) is 1.94. The zero-order chi connectivity index (χ0) is 15.4. The van der Waals surface area contributed by atoms with Crippen molar-refractivity contribution in [1.82, 2.24) is 5.32 Å². The van der Waals surface area contributed by atoms with Gasteiger partial charge in [-0.2, -0.15) is 0 Å². The Kier molecular flexibility index (Phi) is 4.49. The first-order chi connectivity index (χ1) is 9.97. The quantitative estimate of drug-likeness (QED) is 0.695. The summed E-state index contributed by atoms with van der Waals surface area (Å²) in [6.07, 6.45) is 0. The predicted molar refractivity (Wildman–Crippen MR) is 75.7 cm³/mol. The van der Waals surface area contributed by atoms with Gasteiger partial charge in [0, 0.05) is 18.7 Å². The molecule has 0 aromatic heterocycles. The Morgan fingerprint density at radius 1 is 1.24 bits per heavy atom. The Balaban J connectivity index is 2.06. The first kappa shape index (κ1) is 14.9. The highest BCUT2D eigenvalue weighted by Gasteiger charge is 2.14. The Morgan fingerprint density at radius 2 is 1.90 bits per heavy atom. The number of carbonyl (C=O) groups excluding carboxylic acids is 1. The van der Waals surface area contributed by atoms with Gasteiger partial charge >= 0.3 is 0 Å². The molecule has 0 unspecified atom stereocenters. The summed E-state index contributed by atoms with van der Waals surface area (Å²) in [7, 11) is 0. The predicted octanol–water partition coefficient (Wildman–Crippen LogP) is 3.32. The third-order valence-corrected chi connectivity index (χ3v) is 3.09. The summed E-state index contributed by atoms with van der Waals surface area (Å²) < 4.78 is 12.7. The van der Waals surface area contributed by atoms with Crippen LogP contribution in [0.15, 0.2) is 42.5 Å². The minimum absolute atomic E-state index is 0.000746. The molecule has 2 rings (SSSR count). The van der Waals surface area contributed by atoms with Crippen LogP contribution >= 0.6 is 11.6 Å². The molecule has 0 heterocycles. The lowest BCUT2D eigenvalue weighted by atomic mass is 10.1. The molecule has 21 heavy (non-hydrogen) atoms. The average Bonchev–Trinajstić information content (AvgIpc) is 2.46. The Labute approximate surface area is 124 Å². The number of amides is 1. The Bertz CT molecular complexity index is 689. The molecule has 0 aliphatic rings. The normalized spacial score (nSPS) is 10.2. The van der Waals surface area contributed by atoms with E-state index in [2.05, 4.69) is 5.32 Å². The topological polar surface area (TPSA) is 72.2 Å². The molecule has 0 atom stereocenters. The number of nitrogens with one attached hydrogen (secondary N) is 1. The number of hydrogen-bond acceptors (Lipinski definition) is 3. The monoisotopic (exact) mass is 308 g/mol. The molecule has 0 fully saturated rings. The van der Waals surface area contributed by atoms with Gasteiger partial charge in [-0.25, -0.2) is 4.39 Å². The van der Waals surface area contributed by atoms with Gasteiger partial charge in [0.15, 0.2) is 0 Å². The number of rotatable bonds is 4. The van der Waals surface area contributed by atoms with Gasteiger partial charge in [0.25, 0.3) is 11.6 Å². The number of nitro groups is 1. The lowest BCUT2D eigenvalue weighted by Crippen LogP contribution is -2.23. The highest BCUT2D eigenvalue weighted by molar-refractivity contribution is 6.34. The van der Waals surface area contributed by atoms with Crippen LogP contribution in [0.5, 0.6) is 0 Å². The molecule has 5 nitrogen and oxygen atoms in total. The minimum atomic E-state index is -0.591. The van der Waals surface area contributed by atoms with Crippen molar-refractivity contribution in [3.63, 3.8) is 0 Å². The van der Waals surface area contributed by atoms with Crippen molar-refractivity contribution in [1.29, 1.82) is 0 Å². The van der Waals surface area contributed by atoms with E-state index in [0.29, 0.717) is 0 Å². The molecule has 0 saturated heterocycles. The summed E-state index contributed by atoms with van der Waals surface area (Å²) in [5, 5.41) is 13.2. The SMILES string of the molecule is O=C(NCc1ccc(F)cc1)c1ccc([N+](=O)[O-])cc1Cl. The lowest BCUT2D eigenvalue weighted by Gasteiger charge is -2.07. The fourth-order valence-electron chi connectivity index (χ4n) is 1.68. The van der Waals surface area contributed by atoms with Crippen LogP contribution in [0.25, 0.3) is 0 Å². The number of non-ortho nitro benzene ring substituents is 1. The fraction of sp³-hybridized carbons (Fsp3) is 0.0714. The summed E-state index contributed by atoms with van der Waals surface area (Å²) in [5.41, 5.74) is 0.683. The molecule has 0 bridgehead atoms. The Morgan fingerprint density at radius 3 is 2.48 bits per heavy atom. The number of nitro benzene ring substituents is 1. The van der Waals surface area contributed by atoms with Crippen LogP contribution in [0.4, 0.5) is 10.1 Å². The van der Waals surface area contributed by atoms with Crippen LogP contribution in [-0.4, -0.2) is 10.8 Å². The second kappa shape index (κ2) is 6.32. The molecule has 0 aliphatic heterocycles. The molecule has 7 heteroatoms. The van der Waals surface area contributed by atoms with Crippen molar-refractivity contribution >= 4 is 23.2 Å². The Hall–Kier alpha value is -2.47.